The summed E-state index contributed by atoms with van der Waals surface area (Å²) in [5.74, 6) is -0.486. The Morgan fingerprint density at radius 2 is 1.90 bits per heavy atom. The van der Waals surface area contributed by atoms with Gasteiger partial charge in [0.2, 0.25) is 0 Å². The van der Waals surface area contributed by atoms with E-state index in [1.54, 1.807) is 54.6 Å². The van der Waals surface area contributed by atoms with Crippen LogP contribution in [0.2, 0.25) is 5.02 Å². The third kappa shape index (κ3) is 5.68. The number of rotatable bonds is 6. The molecule has 4 nitrogen and oxygen atoms in total. The zero-order valence-corrected chi connectivity index (χ0v) is 16.0. The standard InChI is InChI=1S/C23H16ClFN2O2/c24-19-9-10-22(29-15-16-5-4-6-20(25)11-16)17(13-19)12-18(14-26)23(28)27-21-7-2-1-3-8-21/h1-13H,15H2,(H,27,28)/b18-12+. The average molecular weight is 407 g/mol. The van der Waals surface area contributed by atoms with Crippen molar-refractivity contribution in [1.29, 1.82) is 5.26 Å². The molecular weight excluding hydrogens is 391 g/mol. The third-order valence-corrected chi connectivity index (χ3v) is 4.19. The number of hydrogen-bond acceptors (Lipinski definition) is 3. The van der Waals surface area contributed by atoms with Crippen molar-refractivity contribution in [3.8, 4) is 11.8 Å². The van der Waals surface area contributed by atoms with Crippen molar-refractivity contribution in [3.05, 3.63) is 100 Å². The number of carbonyl (C=O) groups excluding carboxylic acids is 1. The summed E-state index contributed by atoms with van der Waals surface area (Å²) in [6.45, 7) is 0.123. The van der Waals surface area contributed by atoms with Gasteiger partial charge >= 0.3 is 0 Å². The highest BCUT2D eigenvalue weighted by Crippen LogP contribution is 2.26. The van der Waals surface area contributed by atoms with Crippen LogP contribution >= 0.6 is 11.6 Å². The summed E-state index contributed by atoms with van der Waals surface area (Å²) in [4.78, 5) is 12.4. The van der Waals surface area contributed by atoms with E-state index in [1.807, 2.05) is 12.1 Å². The Kier molecular flexibility index (Phi) is 6.62. The van der Waals surface area contributed by atoms with E-state index >= 15 is 0 Å². The minimum absolute atomic E-state index is 0.105. The number of anilines is 1. The first-order valence-electron chi connectivity index (χ1n) is 8.70. The first-order valence-corrected chi connectivity index (χ1v) is 9.08. The molecule has 0 saturated carbocycles. The van der Waals surface area contributed by atoms with Gasteiger partial charge in [0.05, 0.1) is 0 Å². The minimum atomic E-state index is -0.547. The Hall–Kier alpha value is -3.62. The first-order chi connectivity index (χ1) is 14.0. The third-order valence-electron chi connectivity index (χ3n) is 3.95. The molecule has 144 valence electrons. The number of halogens is 2. The van der Waals surface area contributed by atoms with Crippen LogP contribution in [0.1, 0.15) is 11.1 Å². The molecule has 0 heterocycles. The van der Waals surface area contributed by atoms with E-state index in [1.165, 1.54) is 18.2 Å². The number of ether oxygens (including phenoxy) is 1. The van der Waals surface area contributed by atoms with Gasteiger partial charge in [0.25, 0.3) is 5.91 Å². The van der Waals surface area contributed by atoms with Crippen LogP contribution in [-0.4, -0.2) is 5.91 Å². The number of amides is 1. The molecule has 1 N–H and O–H groups in total. The molecule has 3 rings (SSSR count). The molecule has 0 saturated heterocycles. The van der Waals surface area contributed by atoms with Crippen LogP contribution in [0.5, 0.6) is 5.75 Å². The quantitative estimate of drug-likeness (QED) is 0.428. The molecule has 0 aromatic heterocycles. The molecule has 29 heavy (non-hydrogen) atoms. The number of hydrogen-bond donors (Lipinski definition) is 1. The molecule has 0 aliphatic carbocycles. The second kappa shape index (κ2) is 9.54. The van der Waals surface area contributed by atoms with Gasteiger partial charge in [0.15, 0.2) is 0 Å². The van der Waals surface area contributed by atoms with Crippen LogP contribution in [0, 0.1) is 17.1 Å². The van der Waals surface area contributed by atoms with Gasteiger partial charge in [-0.1, -0.05) is 41.9 Å². The molecule has 0 radical (unpaired) electrons. The smallest absolute Gasteiger partial charge is 0.266 e. The van der Waals surface area contributed by atoms with Gasteiger partial charge in [-0.25, -0.2) is 4.39 Å². The largest absolute Gasteiger partial charge is 0.488 e. The van der Waals surface area contributed by atoms with Crippen LogP contribution in [0.3, 0.4) is 0 Å². The van der Waals surface area contributed by atoms with Gasteiger partial charge in [-0.05, 0) is 54.1 Å². The molecule has 0 fully saturated rings. The van der Waals surface area contributed by atoms with Crippen molar-refractivity contribution < 1.29 is 13.9 Å². The van der Waals surface area contributed by atoms with Crippen LogP contribution < -0.4 is 10.1 Å². The normalized spacial score (nSPS) is 10.9. The predicted octanol–water partition coefficient (Wildman–Crippen LogP) is 5.60. The minimum Gasteiger partial charge on any atom is -0.488 e. The molecule has 3 aromatic carbocycles. The fourth-order valence-electron chi connectivity index (χ4n) is 2.58. The molecular formula is C23H16ClFN2O2. The van der Waals surface area contributed by atoms with Gasteiger partial charge in [0, 0.05) is 16.3 Å². The monoisotopic (exact) mass is 406 g/mol. The lowest BCUT2D eigenvalue weighted by atomic mass is 10.1. The summed E-state index contributed by atoms with van der Waals surface area (Å²) in [6.07, 6.45) is 1.41. The molecule has 0 spiro atoms. The number of carbonyl (C=O) groups is 1. The summed E-state index contributed by atoms with van der Waals surface area (Å²) in [5, 5.41) is 12.5. The lowest BCUT2D eigenvalue weighted by molar-refractivity contribution is -0.112. The zero-order chi connectivity index (χ0) is 20.6. The Morgan fingerprint density at radius 3 is 2.62 bits per heavy atom. The van der Waals surface area contributed by atoms with Crippen LogP contribution in [0.15, 0.2) is 78.4 Å². The highest BCUT2D eigenvalue weighted by Gasteiger charge is 2.12. The Balaban J connectivity index is 1.83. The van der Waals surface area contributed by atoms with Gasteiger partial charge in [0.1, 0.15) is 29.8 Å². The molecule has 1 amide bonds. The SMILES string of the molecule is N#C/C(=C\c1cc(Cl)ccc1OCc1cccc(F)c1)C(=O)Nc1ccccc1. The molecule has 0 atom stereocenters. The Labute approximate surface area is 172 Å². The lowest BCUT2D eigenvalue weighted by Gasteiger charge is -2.11. The number of nitrogens with one attached hydrogen (secondary N) is 1. The Morgan fingerprint density at radius 1 is 1.10 bits per heavy atom. The first kappa shape index (κ1) is 20.1. The maximum absolute atomic E-state index is 13.3. The van der Waals surface area contributed by atoms with E-state index in [0.717, 1.165) is 0 Å². The molecule has 0 aliphatic rings. The number of benzene rings is 3. The van der Waals surface area contributed by atoms with Crippen molar-refractivity contribution in [2.24, 2.45) is 0 Å². The summed E-state index contributed by atoms with van der Waals surface area (Å²) in [5.41, 5.74) is 1.59. The van der Waals surface area contributed by atoms with E-state index in [0.29, 0.717) is 27.6 Å². The molecule has 3 aromatic rings. The molecule has 0 unspecified atom stereocenters. The highest BCUT2D eigenvalue weighted by molar-refractivity contribution is 6.30. The van der Waals surface area contributed by atoms with E-state index in [4.69, 9.17) is 16.3 Å². The molecule has 0 bridgehead atoms. The lowest BCUT2D eigenvalue weighted by Crippen LogP contribution is -2.13. The van der Waals surface area contributed by atoms with Crippen molar-refractivity contribution in [1.82, 2.24) is 0 Å². The van der Waals surface area contributed by atoms with Gasteiger partial charge in [-0.3, -0.25) is 4.79 Å². The topological polar surface area (TPSA) is 62.1 Å². The second-order valence-corrected chi connectivity index (χ2v) is 6.53. The highest BCUT2D eigenvalue weighted by atomic mass is 35.5. The van der Waals surface area contributed by atoms with Crippen LogP contribution in [0.4, 0.5) is 10.1 Å². The van der Waals surface area contributed by atoms with Crippen molar-refractivity contribution in [3.63, 3.8) is 0 Å². The van der Waals surface area contributed by atoms with Crippen molar-refractivity contribution in [2.75, 3.05) is 5.32 Å². The van der Waals surface area contributed by atoms with Crippen molar-refractivity contribution >= 4 is 29.3 Å². The van der Waals surface area contributed by atoms with Crippen LogP contribution in [-0.2, 0) is 11.4 Å². The summed E-state index contributed by atoms with van der Waals surface area (Å²) < 4.78 is 19.1. The van der Waals surface area contributed by atoms with Gasteiger partial charge in [-0.15, -0.1) is 0 Å². The fourth-order valence-corrected chi connectivity index (χ4v) is 2.76. The van der Waals surface area contributed by atoms with Gasteiger partial charge in [-0.2, -0.15) is 5.26 Å². The second-order valence-electron chi connectivity index (χ2n) is 6.09. The predicted molar refractivity (Wildman–Crippen MR) is 111 cm³/mol. The maximum Gasteiger partial charge on any atom is 0.266 e. The Bertz CT molecular complexity index is 1090. The van der Waals surface area contributed by atoms with Crippen LogP contribution in [0.25, 0.3) is 6.08 Å². The van der Waals surface area contributed by atoms with E-state index in [9.17, 15) is 14.4 Å². The fraction of sp³-hybridized carbons (Fsp3) is 0.0435. The number of nitrogens with zero attached hydrogens (tertiary/aromatic N) is 1. The molecule has 0 aliphatic heterocycles. The summed E-state index contributed by atoms with van der Waals surface area (Å²) in [7, 11) is 0. The maximum atomic E-state index is 13.3. The summed E-state index contributed by atoms with van der Waals surface area (Å²) in [6, 6.07) is 21.6. The van der Waals surface area contributed by atoms with E-state index < -0.39 is 5.91 Å². The van der Waals surface area contributed by atoms with E-state index in [-0.39, 0.29) is 18.0 Å². The number of para-hydroxylation sites is 1. The van der Waals surface area contributed by atoms with Crippen molar-refractivity contribution in [2.45, 2.75) is 6.61 Å². The molecule has 6 heteroatoms. The van der Waals surface area contributed by atoms with E-state index in [2.05, 4.69) is 5.32 Å². The average Bonchev–Trinajstić information content (AvgIpc) is 2.72. The summed E-state index contributed by atoms with van der Waals surface area (Å²) >= 11 is 6.07. The van der Waals surface area contributed by atoms with Gasteiger partial charge < -0.3 is 10.1 Å². The number of nitriles is 1. The zero-order valence-electron chi connectivity index (χ0n) is 15.2.